The van der Waals surface area contributed by atoms with Crippen LogP contribution >= 0.6 is 0 Å². The van der Waals surface area contributed by atoms with Gasteiger partial charge in [-0.3, -0.25) is 4.90 Å². The molecule has 148 valence electrons. The Bertz CT molecular complexity index is 1190. The standard InChI is InChI=1S/C27H25N3/c1-19-18-26(28-25-13-7-6-8-20(19)25)29-14-16-30(17-15-29)27-23-11-4-2-9-21(23)22-10-3-5-12-24(22)27/h2-13,18,27H,14-17H2,1H3/p+2. The summed E-state index contributed by atoms with van der Waals surface area (Å²) in [5, 5.41) is 1.31. The third-order valence-electron chi connectivity index (χ3n) is 6.96. The Morgan fingerprint density at radius 2 is 1.40 bits per heavy atom. The van der Waals surface area contributed by atoms with Gasteiger partial charge in [-0.15, -0.1) is 0 Å². The molecule has 0 radical (unpaired) electrons. The summed E-state index contributed by atoms with van der Waals surface area (Å²) in [5.74, 6) is 1.25. The van der Waals surface area contributed by atoms with Crippen molar-refractivity contribution in [1.29, 1.82) is 0 Å². The number of fused-ring (bicyclic) bond motifs is 4. The molecule has 1 aliphatic carbocycles. The lowest BCUT2D eigenvalue weighted by molar-refractivity contribution is -0.925. The normalized spacial score (nSPS) is 16.6. The second kappa shape index (κ2) is 6.96. The van der Waals surface area contributed by atoms with E-state index in [1.165, 1.54) is 44.5 Å². The molecule has 2 N–H and O–H groups in total. The molecule has 0 atom stereocenters. The molecule has 0 saturated carbocycles. The number of benzene rings is 3. The van der Waals surface area contributed by atoms with Crippen molar-refractivity contribution in [3.05, 3.63) is 95.6 Å². The van der Waals surface area contributed by atoms with Crippen LogP contribution in [0, 0.1) is 6.92 Å². The second-order valence-electron chi connectivity index (χ2n) is 8.64. The Morgan fingerprint density at radius 1 is 0.800 bits per heavy atom. The van der Waals surface area contributed by atoms with Crippen molar-refractivity contribution in [2.45, 2.75) is 13.0 Å². The second-order valence-corrected chi connectivity index (χ2v) is 8.64. The third-order valence-corrected chi connectivity index (χ3v) is 6.96. The zero-order chi connectivity index (χ0) is 20.1. The maximum absolute atomic E-state index is 3.67. The van der Waals surface area contributed by atoms with E-state index in [1.807, 2.05) is 0 Å². The molecule has 30 heavy (non-hydrogen) atoms. The number of piperazine rings is 1. The Kier molecular flexibility index (Phi) is 4.10. The van der Waals surface area contributed by atoms with Gasteiger partial charge in [0.15, 0.2) is 0 Å². The summed E-state index contributed by atoms with van der Waals surface area (Å²) in [6, 6.07) is 29.3. The summed E-state index contributed by atoms with van der Waals surface area (Å²) < 4.78 is 0. The van der Waals surface area contributed by atoms with Crippen LogP contribution in [0.15, 0.2) is 78.9 Å². The largest absolute Gasteiger partial charge is 0.318 e. The number of para-hydroxylation sites is 1. The minimum absolute atomic E-state index is 0.460. The molecule has 0 bridgehead atoms. The van der Waals surface area contributed by atoms with Crippen LogP contribution in [-0.4, -0.2) is 26.2 Å². The van der Waals surface area contributed by atoms with Gasteiger partial charge in [0.05, 0.1) is 0 Å². The minimum atomic E-state index is 0.460. The lowest BCUT2D eigenvalue weighted by Gasteiger charge is -2.33. The van der Waals surface area contributed by atoms with E-state index in [4.69, 9.17) is 0 Å². The van der Waals surface area contributed by atoms with Gasteiger partial charge in [0.25, 0.3) is 5.82 Å². The average molecular weight is 394 g/mol. The Morgan fingerprint density at radius 3 is 2.10 bits per heavy atom. The topological polar surface area (TPSA) is 21.8 Å². The van der Waals surface area contributed by atoms with E-state index in [-0.39, 0.29) is 0 Å². The zero-order valence-corrected chi connectivity index (χ0v) is 17.4. The molecule has 3 nitrogen and oxygen atoms in total. The molecule has 2 aliphatic rings. The molecule has 1 fully saturated rings. The van der Waals surface area contributed by atoms with E-state index in [9.17, 15) is 0 Å². The summed E-state index contributed by atoms with van der Waals surface area (Å²) in [4.78, 5) is 7.87. The van der Waals surface area contributed by atoms with Crippen LogP contribution in [0.3, 0.4) is 0 Å². The van der Waals surface area contributed by atoms with Crippen molar-refractivity contribution in [1.82, 2.24) is 0 Å². The van der Waals surface area contributed by atoms with Crippen LogP contribution < -0.4 is 14.8 Å². The van der Waals surface area contributed by atoms with E-state index in [0.29, 0.717) is 6.04 Å². The molecule has 0 amide bonds. The lowest BCUT2D eigenvalue weighted by atomic mass is 10.0. The van der Waals surface area contributed by atoms with Gasteiger partial charge in [0.2, 0.25) is 0 Å². The summed E-state index contributed by atoms with van der Waals surface area (Å²) in [6.45, 7) is 6.66. The average Bonchev–Trinajstić information content (AvgIpc) is 3.14. The van der Waals surface area contributed by atoms with Crippen LogP contribution in [0.1, 0.15) is 22.7 Å². The molecule has 6 rings (SSSR count). The first kappa shape index (κ1) is 17.7. The number of aromatic amines is 1. The molecule has 1 aliphatic heterocycles. The SMILES string of the molecule is Cc1cc(N2CC[NH+](C3c4ccccc4-c4ccccc43)CC2)[nH+]c2ccccc12. The number of nitrogens with one attached hydrogen (secondary N) is 2. The molecule has 1 saturated heterocycles. The lowest BCUT2D eigenvalue weighted by Crippen LogP contribution is -3.15. The Hall–Kier alpha value is -3.17. The quantitative estimate of drug-likeness (QED) is 0.554. The van der Waals surface area contributed by atoms with Crippen molar-refractivity contribution < 1.29 is 9.88 Å². The van der Waals surface area contributed by atoms with E-state index in [1.54, 1.807) is 4.90 Å². The van der Waals surface area contributed by atoms with Gasteiger partial charge < -0.3 is 4.90 Å². The number of aryl methyl sites for hydroxylation is 1. The molecule has 3 aromatic carbocycles. The molecule has 1 aromatic heterocycles. The van der Waals surface area contributed by atoms with Crippen LogP contribution in [0.25, 0.3) is 22.0 Å². The molecule has 0 spiro atoms. The van der Waals surface area contributed by atoms with Crippen molar-refractivity contribution in [3.8, 4) is 11.1 Å². The van der Waals surface area contributed by atoms with Gasteiger partial charge in [0, 0.05) is 22.6 Å². The van der Waals surface area contributed by atoms with Crippen molar-refractivity contribution >= 4 is 16.7 Å². The van der Waals surface area contributed by atoms with Gasteiger partial charge in [-0.25, -0.2) is 4.98 Å². The fraction of sp³-hybridized carbons (Fsp3) is 0.222. The fourth-order valence-electron chi connectivity index (χ4n) is 5.48. The first-order valence-corrected chi connectivity index (χ1v) is 11.0. The van der Waals surface area contributed by atoms with Crippen LogP contribution in [0.4, 0.5) is 5.82 Å². The monoisotopic (exact) mass is 393 g/mol. The summed E-state index contributed by atoms with van der Waals surface area (Å²) >= 11 is 0. The van der Waals surface area contributed by atoms with Gasteiger partial charge in [-0.05, 0) is 29.7 Å². The number of quaternary nitrogens is 1. The Balaban J connectivity index is 1.28. The summed E-state index contributed by atoms with van der Waals surface area (Å²) in [6.07, 6.45) is 0. The van der Waals surface area contributed by atoms with Crippen LogP contribution in [0.2, 0.25) is 0 Å². The van der Waals surface area contributed by atoms with Crippen molar-refractivity contribution in [2.24, 2.45) is 0 Å². The highest BCUT2D eigenvalue weighted by molar-refractivity contribution is 5.80. The van der Waals surface area contributed by atoms with Crippen molar-refractivity contribution in [2.75, 3.05) is 31.1 Å². The van der Waals surface area contributed by atoms with E-state index in [2.05, 4.69) is 95.7 Å². The Labute approximate surface area is 177 Å². The number of H-pyrrole nitrogens is 1. The first-order chi connectivity index (χ1) is 14.8. The van der Waals surface area contributed by atoms with Gasteiger partial charge in [-0.2, -0.15) is 0 Å². The number of anilines is 1. The number of hydrogen-bond acceptors (Lipinski definition) is 1. The molecule has 3 heteroatoms. The van der Waals surface area contributed by atoms with E-state index >= 15 is 0 Å². The van der Waals surface area contributed by atoms with Crippen LogP contribution in [-0.2, 0) is 0 Å². The highest BCUT2D eigenvalue weighted by Crippen LogP contribution is 2.41. The molecular formula is C27H27N3+2. The molecular weight excluding hydrogens is 366 g/mol. The molecule has 0 unspecified atom stereocenters. The van der Waals surface area contributed by atoms with E-state index < -0.39 is 0 Å². The summed E-state index contributed by atoms with van der Waals surface area (Å²) in [5.41, 5.74) is 8.40. The van der Waals surface area contributed by atoms with Gasteiger partial charge >= 0.3 is 0 Å². The highest BCUT2D eigenvalue weighted by atomic mass is 15.3. The van der Waals surface area contributed by atoms with Gasteiger partial charge in [0.1, 0.15) is 37.7 Å². The number of rotatable bonds is 2. The number of pyridine rings is 1. The predicted octanol–water partition coefficient (Wildman–Crippen LogP) is 3.44. The maximum atomic E-state index is 3.67. The van der Waals surface area contributed by atoms with Crippen LogP contribution in [0.5, 0.6) is 0 Å². The first-order valence-electron chi connectivity index (χ1n) is 11.0. The van der Waals surface area contributed by atoms with Crippen molar-refractivity contribution in [3.63, 3.8) is 0 Å². The van der Waals surface area contributed by atoms with Gasteiger partial charge in [-0.1, -0.05) is 66.7 Å². The predicted molar refractivity (Wildman–Crippen MR) is 122 cm³/mol. The number of nitrogens with zero attached hydrogens (tertiary/aromatic N) is 1. The third kappa shape index (κ3) is 2.73. The molecule has 4 aromatic rings. The molecule has 2 heterocycles. The maximum Gasteiger partial charge on any atom is 0.275 e. The highest BCUT2D eigenvalue weighted by Gasteiger charge is 2.39. The zero-order valence-electron chi connectivity index (χ0n) is 17.4. The summed E-state index contributed by atoms with van der Waals surface area (Å²) in [7, 11) is 0. The smallest absolute Gasteiger partial charge is 0.275 e. The fourth-order valence-corrected chi connectivity index (χ4v) is 5.48. The minimum Gasteiger partial charge on any atom is -0.318 e. The van der Waals surface area contributed by atoms with E-state index in [0.717, 1.165) is 26.2 Å². The number of hydrogen-bond donors (Lipinski definition) is 1. The number of aromatic nitrogens is 1.